The first kappa shape index (κ1) is 9.43. The molecule has 0 spiro atoms. The lowest BCUT2D eigenvalue weighted by molar-refractivity contribution is 0.563. The molecule has 0 saturated heterocycles. The van der Waals surface area contributed by atoms with Crippen molar-refractivity contribution in [3.63, 3.8) is 0 Å². The summed E-state index contributed by atoms with van der Waals surface area (Å²) in [6, 6.07) is 8.01. The van der Waals surface area contributed by atoms with E-state index in [0.717, 1.165) is 12.0 Å². The molecular weight excluding hydrogens is 162 g/mol. The van der Waals surface area contributed by atoms with Crippen LogP contribution in [0.1, 0.15) is 11.1 Å². The molecule has 0 unspecified atom stereocenters. The summed E-state index contributed by atoms with van der Waals surface area (Å²) in [6.07, 6.45) is 4.10. The van der Waals surface area contributed by atoms with Gasteiger partial charge in [-0.15, -0.1) is 0 Å². The maximum Gasteiger partial charge on any atom is 0.234 e. The van der Waals surface area contributed by atoms with Gasteiger partial charge in [-0.25, -0.2) is 9.79 Å². The number of aliphatic imine (C=N–C) groups is 1. The van der Waals surface area contributed by atoms with Gasteiger partial charge in [0.25, 0.3) is 0 Å². The van der Waals surface area contributed by atoms with Crippen LogP contribution >= 0.6 is 0 Å². The van der Waals surface area contributed by atoms with Crippen LogP contribution in [0.5, 0.6) is 0 Å². The molecule has 0 aliphatic rings. The number of nitrogens with zero attached hydrogens (tertiary/aromatic N) is 1. The summed E-state index contributed by atoms with van der Waals surface area (Å²) >= 11 is 0. The smallest absolute Gasteiger partial charge is 0.211 e. The monoisotopic (exact) mass is 173 g/mol. The lowest BCUT2D eigenvalue weighted by Crippen LogP contribution is -1.88. The number of benzene rings is 1. The first-order chi connectivity index (χ1) is 6.36. The SMILES string of the molecule is C=Cc1ccc(CCN=C=O)cc1. The van der Waals surface area contributed by atoms with E-state index in [4.69, 9.17) is 0 Å². The Bertz CT molecular complexity index is 320. The van der Waals surface area contributed by atoms with E-state index in [-0.39, 0.29) is 0 Å². The lowest BCUT2D eigenvalue weighted by atomic mass is 10.1. The van der Waals surface area contributed by atoms with E-state index in [2.05, 4.69) is 11.6 Å². The van der Waals surface area contributed by atoms with Gasteiger partial charge >= 0.3 is 0 Å². The maximum absolute atomic E-state index is 9.79. The summed E-state index contributed by atoms with van der Waals surface area (Å²) in [6.45, 7) is 4.18. The molecule has 0 aromatic heterocycles. The molecule has 0 fully saturated rings. The molecule has 2 heteroatoms. The average Bonchev–Trinajstić information content (AvgIpc) is 2.19. The maximum atomic E-state index is 9.79. The topological polar surface area (TPSA) is 29.4 Å². The van der Waals surface area contributed by atoms with E-state index >= 15 is 0 Å². The number of isocyanates is 1. The molecule has 0 aliphatic carbocycles. The molecule has 1 rings (SSSR count). The molecular formula is C11H11NO. The fraction of sp³-hybridized carbons (Fsp3) is 0.182. The van der Waals surface area contributed by atoms with Gasteiger partial charge in [-0.1, -0.05) is 36.9 Å². The zero-order valence-corrected chi connectivity index (χ0v) is 7.36. The van der Waals surface area contributed by atoms with Crippen LogP contribution in [0.25, 0.3) is 6.08 Å². The zero-order valence-electron chi connectivity index (χ0n) is 7.36. The van der Waals surface area contributed by atoms with E-state index < -0.39 is 0 Å². The highest BCUT2D eigenvalue weighted by Gasteiger charge is 1.91. The van der Waals surface area contributed by atoms with Crippen LogP contribution in [0.2, 0.25) is 0 Å². The van der Waals surface area contributed by atoms with Crippen molar-refractivity contribution in [2.75, 3.05) is 6.54 Å². The highest BCUT2D eigenvalue weighted by Crippen LogP contribution is 2.05. The molecule has 66 valence electrons. The second-order valence-corrected chi connectivity index (χ2v) is 2.67. The van der Waals surface area contributed by atoms with Crippen molar-refractivity contribution in [1.29, 1.82) is 0 Å². The van der Waals surface area contributed by atoms with Crippen LogP contribution in [0, 0.1) is 0 Å². The molecule has 0 aliphatic heterocycles. The van der Waals surface area contributed by atoms with Crippen molar-refractivity contribution in [3.05, 3.63) is 42.0 Å². The van der Waals surface area contributed by atoms with Crippen LogP contribution < -0.4 is 0 Å². The van der Waals surface area contributed by atoms with E-state index in [1.54, 1.807) is 6.08 Å². The van der Waals surface area contributed by atoms with Crippen LogP contribution in [-0.4, -0.2) is 12.6 Å². The van der Waals surface area contributed by atoms with Gasteiger partial charge in [-0.3, -0.25) is 0 Å². The first-order valence-electron chi connectivity index (χ1n) is 4.12. The van der Waals surface area contributed by atoms with Crippen molar-refractivity contribution in [1.82, 2.24) is 0 Å². The summed E-state index contributed by atoms with van der Waals surface area (Å²) < 4.78 is 0. The molecule has 0 bridgehead atoms. The Kier molecular flexibility index (Phi) is 3.68. The Hall–Kier alpha value is -1.66. The van der Waals surface area contributed by atoms with E-state index in [0.29, 0.717) is 6.54 Å². The van der Waals surface area contributed by atoms with E-state index in [1.165, 1.54) is 11.6 Å². The van der Waals surface area contributed by atoms with Crippen LogP contribution in [0.4, 0.5) is 0 Å². The van der Waals surface area contributed by atoms with Gasteiger partial charge in [0, 0.05) is 0 Å². The fourth-order valence-electron chi connectivity index (χ4n) is 1.05. The lowest BCUT2D eigenvalue weighted by Gasteiger charge is -1.97. The van der Waals surface area contributed by atoms with Crippen molar-refractivity contribution in [3.8, 4) is 0 Å². The van der Waals surface area contributed by atoms with Gasteiger partial charge in [0.15, 0.2) is 0 Å². The van der Waals surface area contributed by atoms with Gasteiger partial charge in [-0.05, 0) is 17.5 Å². The molecule has 0 N–H and O–H groups in total. The summed E-state index contributed by atoms with van der Waals surface area (Å²) in [5.41, 5.74) is 2.27. The van der Waals surface area contributed by atoms with Gasteiger partial charge in [0.1, 0.15) is 0 Å². The first-order valence-corrected chi connectivity index (χ1v) is 4.12. The third-order valence-corrected chi connectivity index (χ3v) is 1.79. The Balaban J connectivity index is 2.58. The minimum atomic E-state index is 0.511. The minimum Gasteiger partial charge on any atom is -0.211 e. The van der Waals surface area contributed by atoms with Crippen LogP contribution in [0.15, 0.2) is 35.8 Å². The number of rotatable bonds is 4. The molecule has 0 radical (unpaired) electrons. The van der Waals surface area contributed by atoms with Crippen molar-refractivity contribution in [2.45, 2.75) is 6.42 Å². The highest BCUT2D eigenvalue weighted by atomic mass is 16.1. The van der Waals surface area contributed by atoms with Gasteiger partial charge in [0.05, 0.1) is 6.54 Å². The molecule has 13 heavy (non-hydrogen) atoms. The summed E-state index contributed by atoms with van der Waals surface area (Å²) in [7, 11) is 0. The number of hydrogen-bond acceptors (Lipinski definition) is 2. The molecule has 0 saturated carbocycles. The number of carbonyl (C=O) groups excluding carboxylic acids is 1. The Labute approximate surface area is 77.6 Å². The summed E-state index contributed by atoms with van der Waals surface area (Å²) in [5.74, 6) is 0. The van der Waals surface area contributed by atoms with Crippen molar-refractivity contribution < 1.29 is 4.79 Å². The average molecular weight is 173 g/mol. The zero-order chi connectivity index (χ0) is 9.52. The Morgan fingerprint density at radius 2 is 2.08 bits per heavy atom. The van der Waals surface area contributed by atoms with Gasteiger partial charge < -0.3 is 0 Å². The number of hydrogen-bond donors (Lipinski definition) is 0. The third-order valence-electron chi connectivity index (χ3n) is 1.79. The molecule has 0 heterocycles. The molecule has 2 nitrogen and oxygen atoms in total. The van der Waals surface area contributed by atoms with Gasteiger partial charge in [-0.2, -0.15) is 0 Å². The third kappa shape index (κ3) is 3.06. The predicted octanol–water partition coefficient (Wildman–Crippen LogP) is 2.21. The van der Waals surface area contributed by atoms with Gasteiger partial charge in [0.2, 0.25) is 6.08 Å². The quantitative estimate of drug-likeness (QED) is 0.507. The highest BCUT2D eigenvalue weighted by molar-refractivity contribution is 5.47. The molecule has 1 aromatic rings. The second kappa shape index (κ2) is 5.07. The Morgan fingerprint density at radius 1 is 1.38 bits per heavy atom. The minimum absolute atomic E-state index is 0.511. The van der Waals surface area contributed by atoms with Crippen LogP contribution in [0.3, 0.4) is 0 Å². The van der Waals surface area contributed by atoms with Crippen molar-refractivity contribution in [2.24, 2.45) is 4.99 Å². The second-order valence-electron chi connectivity index (χ2n) is 2.67. The molecule has 0 amide bonds. The summed E-state index contributed by atoms with van der Waals surface area (Å²) in [5, 5.41) is 0. The van der Waals surface area contributed by atoms with Crippen molar-refractivity contribution >= 4 is 12.2 Å². The molecule has 0 atom stereocenters. The summed E-state index contributed by atoms with van der Waals surface area (Å²) in [4.78, 5) is 13.3. The Morgan fingerprint density at radius 3 is 2.62 bits per heavy atom. The van der Waals surface area contributed by atoms with E-state index in [1.807, 2.05) is 24.3 Å². The fourth-order valence-corrected chi connectivity index (χ4v) is 1.05. The standard InChI is InChI=1S/C11H11NO/c1-2-10-3-5-11(6-4-10)7-8-12-9-13/h2-6H,1,7-8H2. The largest absolute Gasteiger partial charge is 0.234 e. The predicted molar refractivity (Wildman–Crippen MR) is 53.2 cm³/mol. The normalized spacial score (nSPS) is 8.92. The molecule has 1 aromatic carbocycles. The van der Waals surface area contributed by atoms with Crippen LogP contribution in [-0.2, 0) is 11.2 Å². The van der Waals surface area contributed by atoms with E-state index in [9.17, 15) is 4.79 Å².